The molecule has 7 nitrogen and oxygen atoms in total. The van der Waals surface area contributed by atoms with E-state index in [1.807, 2.05) is 20.0 Å². The standard InChI is InChI=1S/C23H24F2N4O3/c1-13(2)32-17-7-19-28-18(23-10-22(3,11-23)31-12-23)9-29(19)8-15(17)21(30)27-14-4-5-26-16(6-14)20(24)25/h4-9,13,20H,10-12H2,1-3H3,(H,26,27,30). The Bertz CT molecular complexity index is 1200. The van der Waals surface area contributed by atoms with Crippen molar-refractivity contribution < 1.29 is 23.0 Å². The van der Waals surface area contributed by atoms with Crippen molar-refractivity contribution in [3.63, 3.8) is 0 Å². The first-order chi connectivity index (χ1) is 15.2. The minimum absolute atomic E-state index is 0.0611. The first-order valence-corrected chi connectivity index (χ1v) is 10.6. The molecule has 0 spiro atoms. The molecule has 0 atom stereocenters. The molecule has 3 aromatic rings. The number of hydrogen-bond donors (Lipinski definition) is 1. The van der Waals surface area contributed by atoms with Crippen LogP contribution in [0.3, 0.4) is 0 Å². The summed E-state index contributed by atoms with van der Waals surface area (Å²) in [6.45, 7) is 6.49. The number of fused-ring (bicyclic) bond motifs is 2. The Kier molecular flexibility index (Phi) is 4.70. The van der Waals surface area contributed by atoms with E-state index in [2.05, 4.69) is 17.2 Å². The van der Waals surface area contributed by atoms with Crippen LogP contribution >= 0.6 is 0 Å². The lowest BCUT2D eigenvalue weighted by molar-refractivity contribution is 0.0154. The molecule has 9 heteroatoms. The number of pyridine rings is 2. The van der Waals surface area contributed by atoms with Gasteiger partial charge in [-0.05, 0) is 45.7 Å². The number of ether oxygens (including phenoxy) is 2. The van der Waals surface area contributed by atoms with E-state index >= 15 is 0 Å². The van der Waals surface area contributed by atoms with Gasteiger partial charge in [0.2, 0.25) is 0 Å². The van der Waals surface area contributed by atoms with Gasteiger partial charge in [0, 0.05) is 35.8 Å². The van der Waals surface area contributed by atoms with Gasteiger partial charge in [-0.25, -0.2) is 13.8 Å². The third-order valence-corrected chi connectivity index (χ3v) is 6.09. The lowest BCUT2D eigenvalue weighted by Crippen LogP contribution is -2.45. The van der Waals surface area contributed by atoms with Gasteiger partial charge in [0.1, 0.15) is 17.1 Å². The fourth-order valence-electron chi connectivity index (χ4n) is 4.79. The van der Waals surface area contributed by atoms with Crippen LogP contribution in [0, 0.1) is 0 Å². The Morgan fingerprint density at radius 1 is 1.28 bits per heavy atom. The third-order valence-electron chi connectivity index (χ3n) is 6.09. The van der Waals surface area contributed by atoms with E-state index in [9.17, 15) is 13.6 Å². The molecule has 3 aliphatic rings. The van der Waals surface area contributed by atoms with Crippen LogP contribution in [0.15, 0.2) is 36.8 Å². The number of imidazole rings is 1. The van der Waals surface area contributed by atoms with Gasteiger partial charge in [-0.3, -0.25) is 9.78 Å². The molecular formula is C23H24F2N4O3. The van der Waals surface area contributed by atoms with E-state index in [1.165, 1.54) is 12.3 Å². The monoisotopic (exact) mass is 442 g/mol. The molecule has 2 saturated heterocycles. The number of anilines is 1. The van der Waals surface area contributed by atoms with Crippen LogP contribution in [0.2, 0.25) is 0 Å². The minimum Gasteiger partial charge on any atom is -0.490 e. The average molecular weight is 442 g/mol. The zero-order valence-electron chi connectivity index (χ0n) is 18.1. The highest BCUT2D eigenvalue weighted by atomic mass is 19.3. The SMILES string of the molecule is CC(C)Oc1cc2nc(C34COC(C)(C3)C4)cn2cc1C(=O)Nc1ccnc(C(F)F)c1. The first-order valence-electron chi connectivity index (χ1n) is 10.6. The summed E-state index contributed by atoms with van der Waals surface area (Å²) in [6, 6.07) is 4.36. The minimum atomic E-state index is -2.72. The molecule has 1 N–H and O–H groups in total. The number of nitrogens with one attached hydrogen (secondary N) is 1. The Hall–Kier alpha value is -3.07. The molecule has 3 aromatic heterocycles. The van der Waals surface area contributed by atoms with E-state index in [1.54, 1.807) is 16.7 Å². The Morgan fingerprint density at radius 3 is 2.72 bits per heavy atom. The molecule has 0 unspecified atom stereocenters. The van der Waals surface area contributed by atoms with E-state index < -0.39 is 18.0 Å². The van der Waals surface area contributed by atoms with Gasteiger partial charge in [0.15, 0.2) is 0 Å². The molecule has 168 valence electrons. The molecule has 0 aromatic carbocycles. The summed E-state index contributed by atoms with van der Waals surface area (Å²) in [4.78, 5) is 21.5. The molecule has 1 saturated carbocycles. The van der Waals surface area contributed by atoms with Gasteiger partial charge in [-0.1, -0.05) is 0 Å². The molecule has 2 bridgehead atoms. The molecule has 1 aliphatic carbocycles. The molecule has 1 amide bonds. The zero-order chi connectivity index (χ0) is 22.7. The highest BCUT2D eigenvalue weighted by molar-refractivity contribution is 6.06. The predicted octanol–water partition coefficient (Wildman–Crippen LogP) is 4.53. The number of aromatic nitrogens is 3. The van der Waals surface area contributed by atoms with Crippen LogP contribution in [0.25, 0.3) is 5.65 Å². The van der Waals surface area contributed by atoms with Gasteiger partial charge in [0.05, 0.1) is 29.6 Å². The normalized spacial score (nSPS) is 24.2. The van der Waals surface area contributed by atoms with Crippen LogP contribution < -0.4 is 10.1 Å². The fraction of sp³-hybridized carbons (Fsp3) is 0.435. The average Bonchev–Trinajstić information content (AvgIpc) is 3.37. The van der Waals surface area contributed by atoms with Gasteiger partial charge < -0.3 is 19.2 Å². The summed E-state index contributed by atoms with van der Waals surface area (Å²) in [5.74, 6) is -0.0910. The summed E-state index contributed by atoms with van der Waals surface area (Å²) in [5, 5.41) is 2.67. The lowest BCUT2D eigenvalue weighted by atomic mass is 9.62. The van der Waals surface area contributed by atoms with Gasteiger partial charge >= 0.3 is 0 Å². The molecule has 0 radical (unpaired) electrons. The van der Waals surface area contributed by atoms with Crippen LogP contribution in [0.1, 0.15) is 61.8 Å². The Morgan fingerprint density at radius 2 is 2.06 bits per heavy atom. The third kappa shape index (κ3) is 3.50. The van der Waals surface area contributed by atoms with Gasteiger partial charge in [-0.2, -0.15) is 0 Å². The Labute approximate surface area is 183 Å². The molecular weight excluding hydrogens is 418 g/mol. The van der Waals surface area contributed by atoms with Crippen molar-refractivity contribution in [2.24, 2.45) is 0 Å². The zero-order valence-corrected chi connectivity index (χ0v) is 18.1. The van der Waals surface area contributed by atoms with Crippen LogP contribution in [-0.2, 0) is 10.2 Å². The second kappa shape index (κ2) is 7.23. The molecule has 5 heterocycles. The predicted molar refractivity (Wildman–Crippen MR) is 113 cm³/mol. The van der Waals surface area contributed by atoms with Gasteiger partial charge in [0.25, 0.3) is 12.3 Å². The summed E-state index contributed by atoms with van der Waals surface area (Å²) >= 11 is 0. The topological polar surface area (TPSA) is 77.8 Å². The maximum absolute atomic E-state index is 13.1. The largest absolute Gasteiger partial charge is 0.490 e. The van der Waals surface area contributed by atoms with Crippen molar-refractivity contribution in [1.29, 1.82) is 0 Å². The van der Waals surface area contributed by atoms with Crippen LogP contribution in [-0.4, -0.2) is 38.6 Å². The number of carbonyl (C=O) groups excluding carboxylic acids is 1. The van der Waals surface area contributed by atoms with E-state index in [4.69, 9.17) is 14.5 Å². The van der Waals surface area contributed by atoms with Crippen molar-refractivity contribution >= 4 is 17.2 Å². The highest BCUT2D eigenvalue weighted by Gasteiger charge is 2.61. The summed E-state index contributed by atoms with van der Waals surface area (Å²) in [6.07, 6.45) is 3.81. The van der Waals surface area contributed by atoms with E-state index in [0.29, 0.717) is 18.0 Å². The summed E-state index contributed by atoms with van der Waals surface area (Å²) in [5.41, 5.74) is 1.59. The molecule has 2 aliphatic heterocycles. The second-order valence-electron chi connectivity index (χ2n) is 9.21. The smallest absolute Gasteiger partial charge is 0.280 e. The quantitative estimate of drug-likeness (QED) is 0.607. The summed E-state index contributed by atoms with van der Waals surface area (Å²) < 4.78 is 39.5. The maximum Gasteiger partial charge on any atom is 0.280 e. The summed E-state index contributed by atoms with van der Waals surface area (Å²) in [7, 11) is 0. The van der Waals surface area contributed by atoms with Gasteiger partial charge in [-0.15, -0.1) is 0 Å². The van der Waals surface area contributed by atoms with E-state index in [0.717, 1.165) is 24.6 Å². The number of nitrogens with zero attached hydrogens (tertiary/aromatic N) is 3. The maximum atomic E-state index is 13.1. The number of hydrogen-bond acceptors (Lipinski definition) is 5. The molecule has 32 heavy (non-hydrogen) atoms. The molecule has 3 fully saturated rings. The van der Waals surface area contributed by atoms with E-state index in [-0.39, 0.29) is 28.4 Å². The van der Waals surface area contributed by atoms with Crippen molar-refractivity contribution in [3.8, 4) is 5.75 Å². The lowest BCUT2D eigenvalue weighted by Gasteiger charge is -2.41. The van der Waals surface area contributed by atoms with Crippen molar-refractivity contribution in [3.05, 3.63) is 53.7 Å². The molecule has 6 rings (SSSR count). The van der Waals surface area contributed by atoms with Crippen molar-refractivity contribution in [1.82, 2.24) is 14.4 Å². The number of rotatable bonds is 6. The van der Waals surface area contributed by atoms with Crippen LogP contribution in [0.4, 0.5) is 14.5 Å². The van der Waals surface area contributed by atoms with Crippen LogP contribution in [0.5, 0.6) is 5.75 Å². The number of alkyl halides is 2. The highest BCUT2D eigenvalue weighted by Crippen LogP contribution is 2.58. The number of halogens is 2. The van der Waals surface area contributed by atoms with Crippen molar-refractivity contribution in [2.45, 2.75) is 57.2 Å². The second-order valence-corrected chi connectivity index (χ2v) is 9.21. The van der Waals surface area contributed by atoms with Crippen molar-refractivity contribution in [2.75, 3.05) is 11.9 Å². The Balaban J connectivity index is 1.49. The first kappa shape index (κ1) is 20.8. The fourth-order valence-corrected chi connectivity index (χ4v) is 4.79. The number of carbonyl (C=O) groups is 1. The number of amides is 1.